The van der Waals surface area contributed by atoms with Gasteiger partial charge in [0.1, 0.15) is 0 Å². The summed E-state index contributed by atoms with van der Waals surface area (Å²) >= 11 is 0. The van der Waals surface area contributed by atoms with Crippen molar-refractivity contribution in [3.05, 3.63) is 120 Å². The number of hydrogen-bond acceptors (Lipinski definition) is 4. The molecule has 1 radical (unpaired) electrons. The first kappa shape index (κ1) is 27.8. The van der Waals surface area contributed by atoms with Crippen molar-refractivity contribution in [2.75, 3.05) is 0 Å². The molecule has 1 aliphatic heterocycles. The fourth-order valence-corrected chi connectivity index (χ4v) is 5.57. The Balaban J connectivity index is 0.000000147. The van der Waals surface area contributed by atoms with Crippen LogP contribution < -0.4 is 0 Å². The number of aromatic nitrogens is 4. The van der Waals surface area contributed by atoms with Crippen LogP contribution in [-0.4, -0.2) is 19.5 Å². The number of nitrogens with zero attached hydrogens (tertiary/aromatic N) is 4. The van der Waals surface area contributed by atoms with E-state index in [0.717, 1.165) is 50.2 Å². The molecule has 0 saturated carbocycles. The quantitative estimate of drug-likeness (QED) is 0.168. The number of benzene rings is 3. The molecule has 42 heavy (non-hydrogen) atoms. The SMILES string of the molecule is Cc1cc2c3c(c1)nc(-c1[c-]cccc1)n3C(C)(C)C=C2.Cc1ccc2c(n1)oc1c(-c3ccccn3)[c-]ccc12.[Ir]. The number of rotatable bonds is 2. The van der Waals surface area contributed by atoms with E-state index in [4.69, 9.17) is 9.40 Å². The van der Waals surface area contributed by atoms with E-state index in [1.165, 1.54) is 16.6 Å². The molecule has 5 heterocycles. The van der Waals surface area contributed by atoms with Gasteiger partial charge in [-0.3, -0.25) is 4.98 Å². The number of allylic oxidation sites excluding steroid dienone is 1. The van der Waals surface area contributed by atoms with Crippen molar-refractivity contribution in [1.29, 1.82) is 0 Å². The third-order valence-electron chi connectivity index (χ3n) is 7.48. The Morgan fingerprint density at radius 1 is 0.857 bits per heavy atom. The van der Waals surface area contributed by atoms with E-state index in [0.29, 0.717) is 5.71 Å². The number of imidazole rings is 1. The smallest absolute Gasteiger partial charge is 0.216 e. The fraction of sp³-hybridized carbons (Fsp3) is 0.139. The van der Waals surface area contributed by atoms with E-state index in [1.807, 2.05) is 67.6 Å². The van der Waals surface area contributed by atoms with Gasteiger partial charge in [0.15, 0.2) is 0 Å². The molecule has 0 amide bonds. The summed E-state index contributed by atoms with van der Waals surface area (Å²) in [5.41, 5.74) is 9.86. The molecular formula is C36H28IrN4O-2. The maximum absolute atomic E-state index is 5.94. The first-order valence-corrected chi connectivity index (χ1v) is 13.7. The van der Waals surface area contributed by atoms with Gasteiger partial charge >= 0.3 is 0 Å². The molecule has 0 aliphatic carbocycles. The number of fused-ring (bicyclic) bond motifs is 3. The summed E-state index contributed by atoms with van der Waals surface area (Å²) in [6, 6.07) is 32.7. The molecule has 0 N–H and O–H groups in total. The Kier molecular flexibility index (Phi) is 7.13. The van der Waals surface area contributed by atoms with Gasteiger partial charge < -0.3 is 14.0 Å². The predicted octanol–water partition coefficient (Wildman–Crippen LogP) is 8.72. The fourth-order valence-electron chi connectivity index (χ4n) is 5.57. The van der Waals surface area contributed by atoms with Crippen LogP contribution in [0.1, 0.15) is 30.7 Å². The van der Waals surface area contributed by atoms with Gasteiger partial charge in [0.05, 0.1) is 28.0 Å². The molecule has 0 unspecified atom stereocenters. The van der Waals surface area contributed by atoms with Crippen LogP contribution in [0.25, 0.3) is 61.8 Å². The molecule has 0 atom stereocenters. The summed E-state index contributed by atoms with van der Waals surface area (Å²) in [5, 5.41) is 2.07. The monoisotopic (exact) mass is 725 g/mol. The van der Waals surface area contributed by atoms with Gasteiger partial charge in [-0.15, -0.1) is 54.1 Å². The molecule has 0 saturated heterocycles. The van der Waals surface area contributed by atoms with Gasteiger partial charge in [0.2, 0.25) is 5.71 Å². The van der Waals surface area contributed by atoms with Crippen molar-refractivity contribution in [2.45, 2.75) is 33.2 Å². The first-order chi connectivity index (χ1) is 19.9. The average molecular weight is 725 g/mol. The molecule has 1 aliphatic rings. The van der Waals surface area contributed by atoms with Crippen LogP contribution in [0, 0.1) is 26.0 Å². The van der Waals surface area contributed by atoms with Crippen molar-refractivity contribution in [3.8, 4) is 22.6 Å². The number of pyridine rings is 2. The van der Waals surface area contributed by atoms with Crippen LogP contribution in [0.4, 0.5) is 0 Å². The zero-order valence-corrected chi connectivity index (χ0v) is 26.2. The van der Waals surface area contributed by atoms with Crippen molar-refractivity contribution in [1.82, 2.24) is 19.5 Å². The number of hydrogen-bond donors (Lipinski definition) is 0. The standard InChI is InChI=1S/C19H17N2.C17H11N2O.Ir/c1-13-11-15-9-10-19(2,3)21-17(15)16(12-13)20-18(21)14-7-5-4-6-8-14;1-11-8-9-13-12-5-4-6-14(15-7-2-3-10-18-15)16(12)20-17(13)19-11;/h4-7,9-12H,1-3H3;2-5,7-10H,1H3;/q2*-1;. The van der Waals surface area contributed by atoms with Crippen LogP contribution in [0.3, 0.4) is 0 Å². The minimum absolute atomic E-state index is 0. The third kappa shape index (κ3) is 4.77. The molecule has 4 aromatic heterocycles. The summed E-state index contributed by atoms with van der Waals surface area (Å²) in [5.74, 6) is 0.992. The Morgan fingerprint density at radius 2 is 1.71 bits per heavy atom. The molecule has 7 aromatic rings. The Bertz CT molecular complexity index is 2090. The average Bonchev–Trinajstić information content (AvgIpc) is 3.56. The van der Waals surface area contributed by atoms with Crippen molar-refractivity contribution in [3.63, 3.8) is 0 Å². The molecule has 3 aromatic carbocycles. The summed E-state index contributed by atoms with van der Waals surface area (Å²) in [4.78, 5) is 13.7. The van der Waals surface area contributed by atoms with E-state index in [1.54, 1.807) is 6.20 Å². The second-order valence-corrected chi connectivity index (χ2v) is 11.0. The maximum atomic E-state index is 5.94. The van der Waals surface area contributed by atoms with Gasteiger partial charge in [-0.1, -0.05) is 35.2 Å². The molecule has 0 spiro atoms. The topological polar surface area (TPSA) is 56.7 Å². The molecule has 209 valence electrons. The molecular weight excluding hydrogens is 697 g/mol. The Morgan fingerprint density at radius 3 is 2.50 bits per heavy atom. The van der Waals surface area contributed by atoms with E-state index >= 15 is 0 Å². The van der Waals surface area contributed by atoms with Crippen LogP contribution in [0.2, 0.25) is 0 Å². The molecule has 0 fully saturated rings. The summed E-state index contributed by atoms with van der Waals surface area (Å²) in [6.07, 6.45) is 6.24. The Hall–Kier alpha value is -4.38. The molecule has 8 rings (SSSR count). The number of aryl methyl sites for hydroxylation is 2. The van der Waals surface area contributed by atoms with Gasteiger partial charge in [-0.05, 0) is 74.8 Å². The largest absolute Gasteiger partial charge is 0.486 e. The minimum atomic E-state index is -0.0873. The van der Waals surface area contributed by atoms with Crippen LogP contribution in [0.15, 0.2) is 95.6 Å². The van der Waals surface area contributed by atoms with Crippen LogP contribution >= 0.6 is 0 Å². The predicted molar refractivity (Wildman–Crippen MR) is 165 cm³/mol. The van der Waals surface area contributed by atoms with Crippen molar-refractivity contribution in [2.24, 2.45) is 0 Å². The molecule has 5 nitrogen and oxygen atoms in total. The third-order valence-corrected chi connectivity index (χ3v) is 7.48. The van der Waals surface area contributed by atoms with E-state index < -0.39 is 0 Å². The summed E-state index contributed by atoms with van der Waals surface area (Å²) < 4.78 is 8.27. The Labute approximate surface area is 258 Å². The van der Waals surface area contributed by atoms with Gasteiger partial charge in [0.25, 0.3) is 0 Å². The van der Waals surface area contributed by atoms with E-state index in [2.05, 4.69) is 77.8 Å². The number of furan rings is 1. The van der Waals surface area contributed by atoms with Crippen LogP contribution in [0.5, 0.6) is 0 Å². The van der Waals surface area contributed by atoms with Gasteiger partial charge in [0, 0.05) is 37.4 Å². The zero-order chi connectivity index (χ0) is 28.1. The summed E-state index contributed by atoms with van der Waals surface area (Å²) in [6.45, 7) is 8.52. The van der Waals surface area contributed by atoms with Gasteiger partial charge in [-0.25, -0.2) is 4.98 Å². The minimum Gasteiger partial charge on any atom is -0.486 e. The van der Waals surface area contributed by atoms with Crippen molar-refractivity contribution >= 4 is 39.2 Å². The normalized spacial score (nSPS) is 13.1. The molecule has 6 heteroatoms. The van der Waals surface area contributed by atoms with Gasteiger partial charge in [-0.2, -0.15) is 0 Å². The maximum Gasteiger partial charge on any atom is 0.216 e. The zero-order valence-electron chi connectivity index (χ0n) is 23.8. The van der Waals surface area contributed by atoms with Crippen molar-refractivity contribution < 1.29 is 24.5 Å². The van der Waals surface area contributed by atoms with E-state index in [9.17, 15) is 0 Å². The summed E-state index contributed by atoms with van der Waals surface area (Å²) in [7, 11) is 0. The molecule has 0 bridgehead atoms. The second kappa shape index (κ2) is 10.8. The first-order valence-electron chi connectivity index (χ1n) is 13.7. The second-order valence-electron chi connectivity index (χ2n) is 11.0. The van der Waals surface area contributed by atoms with E-state index in [-0.39, 0.29) is 25.6 Å². The van der Waals surface area contributed by atoms with Crippen LogP contribution in [-0.2, 0) is 25.6 Å².